The molecule has 3 nitrogen and oxygen atoms in total. The second-order valence-electron chi connectivity index (χ2n) is 7.98. The summed E-state index contributed by atoms with van der Waals surface area (Å²) in [5.74, 6) is -4.17. The maximum absolute atomic E-state index is 14.0. The van der Waals surface area contributed by atoms with Gasteiger partial charge >= 0.3 is 0 Å². The Hall–Kier alpha value is -1.60. The lowest BCUT2D eigenvalue weighted by Gasteiger charge is -2.11. The molecule has 0 bridgehead atoms. The number of carbonyl (C=O) groups is 2. The van der Waals surface area contributed by atoms with E-state index in [-0.39, 0.29) is 26.9 Å². The van der Waals surface area contributed by atoms with Crippen LogP contribution in [-0.2, 0) is 11.2 Å². The number of hydrogen-bond donors (Lipinski definition) is 1. The number of nitrogens with one attached hydrogen (secondary N) is 1. The fourth-order valence-electron chi connectivity index (χ4n) is 3.84. The van der Waals surface area contributed by atoms with Gasteiger partial charge < -0.3 is 5.32 Å². The predicted molar refractivity (Wildman–Crippen MR) is 137 cm³/mol. The van der Waals surface area contributed by atoms with Gasteiger partial charge in [-0.2, -0.15) is 0 Å². The summed E-state index contributed by atoms with van der Waals surface area (Å²) in [7, 11) is 0. The molecule has 3 aromatic rings. The molecule has 1 aliphatic rings. The molecule has 0 saturated heterocycles. The third-order valence-electron chi connectivity index (χ3n) is 5.54. The number of amides is 1. The van der Waals surface area contributed by atoms with Gasteiger partial charge in [-0.1, -0.05) is 52.5 Å². The van der Waals surface area contributed by atoms with Crippen LogP contribution in [0.4, 0.5) is 14.5 Å². The second-order valence-corrected chi connectivity index (χ2v) is 11.1. The summed E-state index contributed by atoms with van der Waals surface area (Å²) < 4.78 is 25.8. The predicted octanol–water partition coefficient (Wildman–Crippen LogP) is 8.53. The molecular weight excluding hydrogens is 585 g/mol. The van der Waals surface area contributed by atoms with E-state index in [2.05, 4.69) is 5.32 Å². The van der Waals surface area contributed by atoms with Gasteiger partial charge in [0, 0.05) is 39.7 Å². The molecule has 3 aromatic carbocycles. The lowest BCUT2D eigenvalue weighted by atomic mass is 10.0. The van der Waals surface area contributed by atoms with Crippen molar-refractivity contribution < 1.29 is 18.4 Å². The van der Waals surface area contributed by atoms with E-state index in [0.717, 1.165) is 6.07 Å². The average Bonchev–Trinajstić information content (AvgIpc) is 3.34. The first-order valence-corrected chi connectivity index (χ1v) is 12.3. The first-order valence-electron chi connectivity index (χ1n) is 9.99. The van der Waals surface area contributed by atoms with Crippen molar-refractivity contribution in [1.29, 1.82) is 0 Å². The second kappa shape index (κ2) is 10.0. The van der Waals surface area contributed by atoms with Crippen LogP contribution in [0.15, 0.2) is 48.5 Å². The molecule has 11 heteroatoms. The van der Waals surface area contributed by atoms with Crippen molar-refractivity contribution in [2.24, 2.45) is 5.92 Å². The van der Waals surface area contributed by atoms with Crippen molar-refractivity contribution in [2.45, 2.75) is 16.7 Å². The highest BCUT2D eigenvalue weighted by atomic mass is 35.5. The van der Waals surface area contributed by atoms with Crippen molar-refractivity contribution in [2.75, 3.05) is 5.32 Å². The summed E-state index contributed by atoms with van der Waals surface area (Å²) in [5.41, 5.74) is 0.688. The molecule has 0 aromatic heterocycles. The van der Waals surface area contributed by atoms with E-state index < -0.39 is 45.9 Å². The van der Waals surface area contributed by atoms with Crippen molar-refractivity contribution >= 4 is 87.0 Å². The molecule has 0 heterocycles. The molecule has 0 spiro atoms. The Morgan fingerprint density at radius 2 is 1.57 bits per heavy atom. The van der Waals surface area contributed by atoms with Crippen LogP contribution in [0, 0.1) is 17.6 Å². The fourth-order valence-corrected chi connectivity index (χ4v) is 5.64. The van der Waals surface area contributed by atoms with E-state index in [9.17, 15) is 18.4 Å². The number of benzene rings is 3. The third kappa shape index (κ3) is 5.56. The molecule has 0 aliphatic heterocycles. The largest absolute Gasteiger partial charge is 0.326 e. The van der Waals surface area contributed by atoms with Gasteiger partial charge in [-0.05, 0) is 47.5 Å². The number of carbonyl (C=O) groups excluding carboxylic acids is 2. The van der Waals surface area contributed by atoms with Crippen LogP contribution in [0.1, 0.15) is 27.4 Å². The topological polar surface area (TPSA) is 46.2 Å². The number of rotatable bonds is 6. The zero-order valence-corrected chi connectivity index (χ0v) is 21.9. The highest BCUT2D eigenvalue weighted by Gasteiger charge is 2.67. The lowest BCUT2D eigenvalue weighted by molar-refractivity contribution is -0.117. The number of alkyl halides is 2. The van der Waals surface area contributed by atoms with Crippen LogP contribution < -0.4 is 5.32 Å². The minimum Gasteiger partial charge on any atom is -0.326 e. The number of Topliss-reactive ketones (excluding diaryl/α,β-unsaturated/α-hetero) is 1. The van der Waals surface area contributed by atoms with Crippen LogP contribution in [0.25, 0.3) is 0 Å². The Morgan fingerprint density at radius 1 is 0.914 bits per heavy atom. The van der Waals surface area contributed by atoms with Crippen LogP contribution in [0.2, 0.25) is 20.1 Å². The summed E-state index contributed by atoms with van der Waals surface area (Å²) in [6.45, 7) is 0. The third-order valence-corrected chi connectivity index (χ3v) is 7.72. The molecule has 1 N–H and O–H groups in total. The normalized spacial score (nSPS) is 18.3. The minimum atomic E-state index is -1.41. The molecule has 1 amide bonds. The van der Waals surface area contributed by atoms with Gasteiger partial charge in [-0.25, -0.2) is 8.78 Å². The van der Waals surface area contributed by atoms with E-state index in [0.29, 0.717) is 21.7 Å². The van der Waals surface area contributed by atoms with Crippen molar-refractivity contribution in [3.8, 4) is 0 Å². The Kier molecular flexibility index (Phi) is 7.59. The zero-order valence-electron chi connectivity index (χ0n) is 17.3. The quantitative estimate of drug-likeness (QED) is 0.229. The Morgan fingerprint density at radius 3 is 2.20 bits per heavy atom. The number of anilines is 1. The van der Waals surface area contributed by atoms with Gasteiger partial charge in [-0.3, -0.25) is 9.59 Å². The molecular formula is C24H13Cl6F2NO2. The number of hydrogen-bond acceptors (Lipinski definition) is 2. The smallest absolute Gasteiger partial charge is 0.231 e. The first-order chi connectivity index (χ1) is 16.4. The van der Waals surface area contributed by atoms with Crippen molar-refractivity contribution in [3.05, 3.63) is 96.9 Å². The molecule has 4 rings (SSSR count). The van der Waals surface area contributed by atoms with Gasteiger partial charge in [0.2, 0.25) is 5.91 Å². The summed E-state index contributed by atoms with van der Waals surface area (Å²) in [4.78, 5) is 25.8. The first kappa shape index (κ1) is 26.5. The van der Waals surface area contributed by atoms with Crippen LogP contribution in [0.5, 0.6) is 0 Å². The van der Waals surface area contributed by atoms with Gasteiger partial charge in [0.25, 0.3) is 0 Å². The monoisotopic (exact) mass is 595 g/mol. The highest BCUT2D eigenvalue weighted by molar-refractivity contribution is 6.53. The molecule has 2 atom stereocenters. The molecule has 1 saturated carbocycles. The van der Waals surface area contributed by atoms with Gasteiger partial charge in [0.05, 0.1) is 16.0 Å². The van der Waals surface area contributed by atoms with Crippen LogP contribution in [-0.4, -0.2) is 16.0 Å². The standard InChI is InChI=1S/C24H13Cl6F2NO2/c25-12-3-11(4-13(26)6-12)20-21(24(20,29)30)23(35)33-15-8-16(22(28)17(27)9-15)19(34)5-10-1-2-14(31)7-18(10)32/h1-4,6-9,20-21H,5H2,(H,33,35). The molecule has 1 fully saturated rings. The van der Waals surface area contributed by atoms with Crippen LogP contribution >= 0.6 is 69.6 Å². The van der Waals surface area contributed by atoms with Gasteiger partial charge in [-0.15, -0.1) is 23.2 Å². The SMILES string of the molecule is O=C(Cc1ccc(F)cc1F)c1cc(NC(=O)C2C(c3cc(Cl)cc(Cl)c3)C2(Cl)Cl)cc(Cl)c1Cl. The fraction of sp³-hybridized carbons (Fsp3) is 0.167. The van der Waals surface area contributed by atoms with Gasteiger partial charge in [0.1, 0.15) is 16.0 Å². The molecule has 182 valence electrons. The molecule has 2 unspecified atom stereocenters. The van der Waals surface area contributed by atoms with E-state index in [1.807, 2.05) is 0 Å². The summed E-state index contributed by atoms with van der Waals surface area (Å²) in [6.07, 6.45) is -0.397. The van der Waals surface area contributed by atoms with E-state index in [1.165, 1.54) is 18.2 Å². The Balaban J connectivity index is 1.56. The Bertz CT molecular complexity index is 1340. The van der Waals surface area contributed by atoms with E-state index >= 15 is 0 Å². The van der Waals surface area contributed by atoms with E-state index in [1.54, 1.807) is 18.2 Å². The lowest BCUT2D eigenvalue weighted by Crippen LogP contribution is -2.17. The maximum Gasteiger partial charge on any atom is 0.231 e. The summed E-state index contributed by atoms with van der Waals surface area (Å²) >= 11 is 37.2. The van der Waals surface area contributed by atoms with Crippen molar-refractivity contribution in [1.82, 2.24) is 0 Å². The maximum atomic E-state index is 14.0. The zero-order chi connectivity index (χ0) is 25.7. The van der Waals surface area contributed by atoms with E-state index in [4.69, 9.17) is 69.6 Å². The molecule has 1 aliphatic carbocycles. The molecule has 35 heavy (non-hydrogen) atoms. The minimum absolute atomic E-state index is 0.00984. The molecule has 0 radical (unpaired) electrons. The summed E-state index contributed by atoms with van der Waals surface area (Å²) in [5, 5.41) is 3.30. The van der Waals surface area contributed by atoms with Gasteiger partial charge in [0.15, 0.2) is 5.78 Å². The number of halogens is 8. The average molecular weight is 598 g/mol. The summed E-state index contributed by atoms with van der Waals surface area (Å²) in [6, 6.07) is 10.3. The highest BCUT2D eigenvalue weighted by Crippen LogP contribution is 2.65. The Labute approximate surface area is 229 Å². The van der Waals surface area contributed by atoms with Crippen LogP contribution in [0.3, 0.4) is 0 Å². The number of ketones is 1. The van der Waals surface area contributed by atoms with Crippen molar-refractivity contribution in [3.63, 3.8) is 0 Å².